The molecular formula is C13H11F2N3O. The third-order valence-corrected chi connectivity index (χ3v) is 2.70. The summed E-state index contributed by atoms with van der Waals surface area (Å²) in [5.41, 5.74) is 5.39. The number of benzene rings is 1. The van der Waals surface area contributed by atoms with Crippen molar-refractivity contribution in [2.45, 2.75) is 6.92 Å². The largest absolute Gasteiger partial charge is 0.384 e. The third-order valence-electron chi connectivity index (χ3n) is 2.70. The lowest BCUT2D eigenvalue weighted by Crippen LogP contribution is -2.24. The zero-order chi connectivity index (χ0) is 14.2. The van der Waals surface area contributed by atoms with E-state index in [-0.39, 0.29) is 11.3 Å². The number of pyridine rings is 1. The van der Waals surface area contributed by atoms with Crippen LogP contribution in [0.5, 0.6) is 0 Å². The summed E-state index contributed by atoms with van der Waals surface area (Å²) >= 11 is 0. The summed E-state index contributed by atoms with van der Waals surface area (Å²) in [6, 6.07) is 4.37. The van der Waals surface area contributed by atoms with Gasteiger partial charge in [-0.3, -0.25) is 10.2 Å². The van der Waals surface area contributed by atoms with E-state index in [9.17, 15) is 13.6 Å². The molecular weight excluding hydrogens is 252 g/mol. The Hall–Kier alpha value is -2.50. The topological polar surface area (TPSA) is 71.9 Å². The van der Waals surface area contributed by atoms with Crippen LogP contribution in [0.2, 0.25) is 0 Å². The highest BCUT2D eigenvalue weighted by Crippen LogP contribution is 2.16. The van der Waals surface area contributed by atoms with Crippen molar-refractivity contribution in [3.63, 3.8) is 0 Å². The Bertz CT molecular complexity index is 722. The minimum Gasteiger partial charge on any atom is -0.384 e. The minimum absolute atomic E-state index is 0.0330. The van der Waals surface area contributed by atoms with Crippen molar-refractivity contribution in [3.8, 4) is 5.69 Å². The molecule has 0 aliphatic heterocycles. The average Bonchev–Trinajstić information content (AvgIpc) is 2.30. The number of hydrogen-bond acceptors (Lipinski definition) is 2. The van der Waals surface area contributed by atoms with Gasteiger partial charge < -0.3 is 10.3 Å². The van der Waals surface area contributed by atoms with Crippen molar-refractivity contribution >= 4 is 5.84 Å². The molecule has 19 heavy (non-hydrogen) atoms. The number of rotatable bonds is 2. The molecule has 0 bridgehead atoms. The fourth-order valence-corrected chi connectivity index (χ4v) is 1.77. The number of aromatic nitrogens is 1. The van der Waals surface area contributed by atoms with Gasteiger partial charge in [0.2, 0.25) is 0 Å². The van der Waals surface area contributed by atoms with Crippen LogP contribution in [-0.4, -0.2) is 10.4 Å². The molecule has 0 fully saturated rings. The Labute approximate surface area is 107 Å². The maximum Gasteiger partial charge on any atom is 0.192 e. The second kappa shape index (κ2) is 4.64. The zero-order valence-corrected chi connectivity index (χ0v) is 10.1. The Morgan fingerprint density at radius 2 is 2.00 bits per heavy atom. The fourth-order valence-electron chi connectivity index (χ4n) is 1.77. The van der Waals surface area contributed by atoms with Crippen LogP contribution in [0.25, 0.3) is 5.69 Å². The van der Waals surface area contributed by atoms with Crippen LogP contribution in [0, 0.1) is 24.0 Å². The molecule has 98 valence electrons. The maximum atomic E-state index is 13.7. The van der Waals surface area contributed by atoms with Crippen LogP contribution >= 0.6 is 0 Å². The molecule has 0 unspecified atom stereocenters. The molecule has 1 heterocycles. The van der Waals surface area contributed by atoms with E-state index in [1.807, 2.05) is 0 Å². The molecule has 0 atom stereocenters. The van der Waals surface area contributed by atoms with Gasteiger partial charge in [-0.25, -0.2) is 8.78 Å². The highest BCUT2D eigenvalue weighted by atomic mass is 19.1. The molecule has 0 saturated carbocycles. The highest BCUT2D eigenvalue weighted by Gasteiger charge is 2.11. The highest BCUT2D eigenvalue weighted by molar-refractivity contribution is 5.94. The summed E-state index contributed by atoms with van der Waals surface area (Å²) in [7, 11) is 0. The smallest absolute Gasteiger partial charge is 0.192 e. The van der Waals surface area contributed by atoms with E-state index < -0.39 is 22.9 Å². The van der Waals surface area contributed by atoms with Crippen LogP contribution < -0.4 is 11.2 Å². The van der Waals surface area contributed by atoms with E-state index in [1.54, 1.807) is 6.92 Å². The zero-order valence-electron chi connectivity index (χ0n) is 10.1. The number of amidine groups is 1. The number of aryl methyl sites for hydroxylation is 1. The van der Waals surface area contributed by atoms with E-state index in [0.29, 0.717) is 5.69 Å². The number of nitrogens with two attached hydrogens (primary N) is 1. The summed E-state index contributed by atoms with van der Waals surface area (Å²) in [6.45, 7) is 1.61. The van der Waals surface area contributed by atoms with E-state index >= 15 is 0 Å². The molecule has 6 heteroatoms. The van der Waals surface area contributed by atoms with Gasteiger partial charge >= 0.3 is 0 Å². The monoisotopic (exact) mass is 263 g/mol. The number of hydrogen-bond donors (Lipinski definition) is 2. The summed E-state index contributed by atoms with van der Waals surface area (Å²) in [6.07, 6.45) is 1.27. The first kappa shape index (κ1) is 12.9. The Morgan fingerprint density at radius 3 is 2.58 bits per heavy atom. The molecule has 0 radical (unpaired) electrons. The minimum atomic E-state index is -0.763. The van der Waals surface area contributed by atoms with E-state index in [1.165, 1.54) is 22.9 Å². The number of nitrogens with one attached hydrogen (secondary N) is 1. The fraction of sp³-hybridized carbons (Fsp3) is 0.0769. The van der Waals surface area contributed by atoms with Crippen molar-refractivity contribution in [2.24, 2.45) is 5.73 Å². The van der Waals surface area contributed by atoms with E-state index in [0.717, 1.165) is 12.1 Å². The lowest BCUT2D eigenvalue weighted by Gasteiger charge is -2.13. The second-order valence-electron chi connectivity index (χ2n) is 4.07. The van der Waals surface area contributed by atoms with Crippen molar-refractivity contribution in [1.82, 2.24) is 4.57 Å². The lowest BCUT2D eigenvalue weighted by atomic mass is 10.2. The average molecular weight is 263 g/mol. The Balaban J connectivity index is 2.71. The van der Waals surface area contributed by atoms with Gasteiger partial charge in [-0.2, -0.15) is 0 Å². The van der Waals surface area contributed by atoms with Crippen molar-refractivity contribution in [1.29, 1.82) is 5.41 Å². The summed E-state index contributed by atoms with van der Waals surface area (Å²) in [5.74, 6) is -1.85. The van der Waals surface area contributed by atoms with Gasteiger partial charge in [0.1, 0.15) is 17.5 Å². The van der Waals surface area contributed by atoms with Gasteiger partial charge in [-0.05, 0) is 19.1 Å². The number of nitrogens with zero attached hydrogens (tertiary/aromatic N) is 1. The SMILES string of the molecule is Cc1cc(=O)c(C(=N)N)cn1-c1ccc(F)cc1F. The number of halogens is 2. The van der Waals surface area contributed by atoms with Gasteiger partial charge in [-0.15, -0.1) is 0 Å². The predicted molar refractivity (Wildman–Crippen MR) is 67.7 cm³/mol. The molecule has 3 N–H and O–H groups in total. The Morgan fingerprint density at radius 1 is 1.32 bits per heavy atom. The van der Waals surface area contributed by atoms with Crippen molar-refractivity contribution < 1.29 is 8.78 Å². The summed E-state index contributed by atoms with van der Waals surface area (Å²) in [4.78, 5) is 11.6. The van der Waals surface area contributed by atoms with Crippen LogP contribution in [0.4, 0.5) is 8.78 Å². The van der Waals surface area contributed by atoms with Gasteiger partial charge in [0.05, 0.1) is 11.3 Å². The van der Waals surface area contributed by atoms with Gasteiger partial charge in [0, 0.05) is 24.0 Å². The molecule has 0 spiro atoms. The lowest BCUT2D eigenvalue weighted by molar-refractivity contribution is 0.576. The Kier molecular flexibility index (Phi) is 3.16. The van der Waals surface area contributed by atoms with Crippen molar-refractivity contribution in [2.75, 3.05) is 0 Å². The third kappa shape index (κ3) is 2.37. The van der Waals surface area contributed by atoms with E-state index in [2.05, 4.69) is 0 Å². The second-order valence-corrected chi connectivity index (χ2v) is 4.07. The number of nitrogen functional groups attached to an aromatic ring is 1. The van der Waals surface area contributed by atoms with E-state index in [4.69, 9.17) is 11.1 Å². The predicted octanol–water partition coefficient (Wildman–Crippen LogP) is 1.71. The van der Waals surface area contributed by atoms with Gasteiger partial charge in [0.25, 0.3) is 0 Å². The molecule has 2 rings (SSSR count). The summed E-state index contributed by atoms with van der Waals surface area (Å²) < 4.78 is 28.0. The molecule has 0 aliphatic carbocycles. The van der Waals surface area contributed by atoms with Gasteiger partial charge in [-0.1, -0.05) is 0 Å². The quantitative estimate of drug-likeness (QED) is 0.639. The molecule has 1 aromatic heterocycles. The van der Waals surface area contributed by atoms with Crippen LogP contribution in [0.3, 0.4) is 0 Å². The first-order valence-electron chi connectivity index (χ1n) is 5.43. The molecule has 4 nitrogen and oxygen atoms in total. The molecule has 2 aromatic rings. The van der Waals surface area contributed by atoms with Crippen molar-refractivity contribution in [3.05, 3.63) is 63.6 Å². The van der Waals surface area contributed by atoms with Crippen LogP contribution in [-0.2, 0) is 0 Å². The molecule has 1 aromatic carbocycles. The molecule has 0 aliphatic rings. The molecule has 0 saturated heterocycles. The van der Waals surface area contributed by atoms with Gasteiger partial charge in [0.15, 0.2) is 5.43 Å². The first-order valence-corrected chi connectivity index (χ1v) is 5.43. The maximum absolute atomic E-state index is 13.7. The van der Waals surface area contributed by atoms with Crippen LogP contribution in [0.1, 0.15) is 11.3 Å². The standard InChI is InChI=1S/C13H11F2N3O/c1-7-4-12(19)9(13(16)17)6-18(7)11-3-2-8(14)5-10(11)15/h2-6H,1H3,(H3,16,17). The first-order chi connectivity index (χ1) is 8.90. The molecule has 0 amide bonds. The van der Waals surface area contributed by atoms with Crippen LogP contribution in [0.15, 0.2) is 35.3 Å². The summed E-state index contributed by atoms with van der Waals surface area (Å²) in [5, 5.41) is 7.30. The normalized spacial score (nSPS) is 10.5.